The third-order valence-corrected chi connectivity index (χ3v) is 5.88. The molecule has 0 saturated carbocycles. The van der Waals surface area contributed by atoms with Gasteiger partial charge < -0.3 is 30.7 Å². The lowest BCUT2D eigenvalue weighted by molar-refractivity contribution is -0.193. The van der Waals surface area contributed by atoms with E-state index in [-0.39, 0.29) is 0 Å². The smallest absolute Gasteiger partial charge is 0.475 e. The highest BCUT2D eigenvalue weighted by Crippen LogP contribution is 2.30. The molecule has 1 aliphatic rings. The minimum atomic E-state index is -5.08. The molecule has 0 spiro atoms. The number of nitrogens with zero attached hydrogens (tertiary/aromatic N) is 3. The van der Waals surface area contributed by atoms with Gasteiger partial charge in [0.15, 0.2) is 5.65 Å². The van der Waals surface area contributed by atoms with Crippen LogP contribution in [0.1, 0.15) is 11.4 Å². The molecule has 1 saturated heterocycles. The number of morpholine rings is 1. The van der Waals surface area contributed by atoms with E-state index in [2.05, 4.69) is 49.1 Å². The summed E-state index contributed by atoms with van der Waals surface area (Å²) in [5, 5.41) is 15.5. The van der Waals surface area contributed by atoms with Crippen molar-refractivity contribution in [3.05, 3.63) is 41.7 Å². The molecule has 11 nitrogen and oxygen atoms in total. The highest BCUT2D eigenvalue weighted by atomic mass is 19.4. The van der Waals surface area contributed by atoms with Gasteiger partial charge in [0.05, 0.1) is 18.7 Å². The molecule has 0 amide bonds. The van der Waals surface area contributed by atoms with E-state index in [1.807, 2.05) is 13.0 Å². The largest absolute Gasteiger partial charge is 0.490 e. The number of carboxylic acid groups (broad SMARTS) is 2. The van der Waals surface area contributed by atoms with Gasteiger partial charge in [0.25, 0.3) is 0 Å². The number of benzene rings is 1. The number of aromatic nitrogens is 4. The lowest BCUT2D eigenvalue weighted by Crippen LogP contribution is -2.37. The molecule has 1 aliphatic heterocycles. The van der Waals surface area contributed by atoms with Gasteiger partial charge in [-0.1, -0.05) is 6.07 Å². The molecule has 0 unspecified atom stereocenters. The van der Waals surface area contributed by atoms with Crippen molar-refractivity contribution in [3.63, 3.8) is 0 Å². The molecule has 228 valence electrons. The van der Waals surface area contributed by atoms with Crippen molar-refractivity contribution in [1.82, 2.24) is 24.8 Å². The Morgan fingerprint density at radius 2 is 1.57 bits per heavy atom. The van der Waals surface area contributed by atoms with Crippen LogP contribution in [-0.2, 0) is 20.7 Å². The Morgan fingerprint density at radius 3 is 2.14 bits per heavy atom. The number of carbonyl (C=O) groups is 2. The Kier molecular flexibility index (Phi) is 10.0. The van der Waals surface area contributed by atoms with E-state index < -0.39 is 24.3 Å². The monoisotopic (exact) mass is 604 g/mol. The Hall–Kier alpha value is -4.38. The number of H-pyrrole nitrogens is 2. The Balaban J connectivity index is 0.000000289. The molecule has 17 heteroatoms. The van der Waals surface area contributed by atoms with Gasteiger partial charge in [-0.05, 0) is 43.2 Å². The van der Waals surface area contributed by atoms with Crippen molar-refractivity contribution in [2.75, 3.05) is 38.6 Å². The number of pyridine rings is 1. The first-order valence-electron chi connectivity index (χ1n) is 12.2. The summed E-state index contributed by atoms with van der Waals surface area (Å²) in [4.78, 5) is 35.8. The van der Waals surface area contributed by atoms with E-state index in [1.165, 1.54) is 10.9 Å². The molecule has 5 rings (SSSR count). The predicted octanol–water partition coefficient (Wildman–Crippen LogP) is 4.14. The molecule has 6 N–H and O–H groups in total. The number of aliphatic carboxylic acids is 2. The molecule has 0 aliphatic carbocycles. The number of halogens is 6. The molecule has 0 radical (unpaired) electrons. The van der Waals surface area contributed by atoms with Crippen LogP contribution in [0.15, 0.2) is 30.3 Å². The molecule has 1 aromatic carbocycles. The summed E-state index contributed by atoms with van der Waals surface area (Å²) >= 11 is 0. The second-order valence-corrected chi connectivity index (χ2v) is 9.03. The van der Waals surface area contributed by atoms with E-state index in [0.29, 0.717) is 11.5 Å². The van der Waals surface area contributed by atoms with Crippen LogP contribution in [0.5, 0.6) is 0 Å². The molecule has 4 aromatic rings. The maximum atomic E-state index is 10.6. The number of imidazole rings is 1. The average Bonchev–Trinajstić information content (AvgIpc) is 3.49. The highest BCUT2D eigenvalue weighted by molar-refractivity contribution is 5.95. The fourth-order valence-electron chi connectivity index (χ4n) is 3.93. The van der Waals surface area contributed by atoms with Crippen molar-refractivity contribution in [2.24, 2.45) is 0 Å². The first kappa shape index (κ1) is 32.1. The number of nitrogens with two attached hydrogens (primary N) is 1. The van der Waals surface area contributed by atoms with Crippen LogP contribution < -0.4 is 5.73 Å². The third kappa shape index (κ3) is 8.81. The summed E-state index contributed by atoms with van der Waals surface area (Å²) in [6.07, 6.45) is -9.12. The highest BCUT2D eigenvalue weighted by Gasteiger charge is 2.38. The van der Waals surface area contributed by atoms with E-state index in [0.717, 1.165) is 67.4 Å². The maximum Gasteiger partial charge on any atom is 0.490 e. The number of rotatable bonds is 4. The van der Waals surface area contributed by atoms with Gasteiger partial charge in [0.2, 0.25) is 0 Å². The zero-order valence-corrected chi connectivity index (χ0v) is 21.9. The molecule has 0 bridgehead atoms. The van der Waals surface area contributed by atoms with Gasteiger partial charge in [0, 0.05) is 41.8 Å². The number of anilines is 1. The number of ether oxygens (including phenoxy) is 1. The predicted molar refractivity (Wildman–Crippen MR) is 139 cm³/mol. The molecule has 0 atom stereocenters. The number of alkyl halides is 6. The molecular weight excluding hydrogens is 578 g/mol. The fourth-order valence-corrected chi connectivity index (χ4v) is 3.93. The number of carboxylic acids is 2. The van der Waals surface area contributed by atoms with Crippen LogP contribution in [0, 0.1) is 6.92 Å². The van der Waals surface area contributed by atoms with Crippen LogP contribution in [0.4, 0.5) is 32.2 Å². The van der Waals surface area contributed by atoms with Crippen molar-refractivity contribution < 1.29 is 50.9 Å². The van der Waals surface area contributed by atoms with Crippen molar-refractivity contribution in [2.45, 2.75) is 25.7 Å². The normalized spacial score (nSPS) is 14.2. The number of fused-ring (bicyclic) bond motifs is 2. The summed E-state index contributed by atoms with van der Waals surface area (Å²) in [5.41, 5.74) is 12.0. The van der Waals surface area contributed by atoms with Crippen molar-refractivity contribution >= 4 is 39.8 Å². The van der Waals surface area contributed by atoms with Gasteiger partial charge >= 0.3 is 24.3 Å². The number of hydrogen-bond acceptors (Lipinski definition) is 7. The van der Waals surface area contributed by atoms with Crippen LogP contribution in [0.3, 0.4) is 0 Å². The van der Waals surface area contributed by atoms with Crippen molar-refractivity contribution in [3.8, 4) is 11.3 Å². The number of nitrogen functional groups attached to an aromatic ring is 1. The third-order valence-electron chi connectivity index (χ3n) is 5.88. The molecule has 42 heavy (non-hydrogen) atoms. The number of nitrogens with one attached hydrogen (secondary N) is 2. The SMILES string of the molecule is Cc1nc2nc(N)cc(-c3cc4cc(CCN5CCOCC5)ccc4[nH]3)c2[nH]1.O=C(O)C(F)(F)F.O=C(O)C(F)(F)F. The fraction of sp³-hybridized carbons (Fsp3) is 0.360. The minimum Gasteiger partial charge on any atom is -0.475 e. The Bertz CT molecular complexity index is 1520. The average molecular weight is 605 g/mol. The number of hydrogen-bond donors (Lipinski definition) is 5. The Labute approximate surface area is 233 Å². The van der Waals surface area contributed by atoms with Gasteiger partial charge in [0.1, 0.15) is 11.6 Å². The minimum absolute atomic E-state index is 0.471. The lowest BCUT2D eigenvalue weighted by Gasteiger charge is -2.26. The summed E-state index contributed by atoms with van der Waals surface area (Å²) in [6, 6.07) is 10.7. The Morgan fingerprint density at radius 1 is 0.976 bits per heavy atom. The van der Waals surface area contributed by atoms with Gasteiger partial charge in [-0.2, -0.15) is 26.3 Å². The quantitative estimate of drug-likeness (QED) is 0.215. The first-order valence-corrected chi connectivity index (χ1v) is 12.2. The van der Waals surface area contributed by atoms with Gasteiger partial charge in [-0.15, -0.1) is 0 Å². The zero-order chi connectivity index (χ0) is 31.2. The second kappa shape index (κ2) is 13.1. The van der Waals surface area contributed by atoms with Gasteiger partial charge in [-0.25, -0.2) is 19.6 Å². The number of aryl methyl sites for hydroxylation is 1. The number of aromatic amines is 2. The second-order valence-electron chi connectivity index (χ2n) is 9.03. The molecule has 3 aromatic heterocycles. The topological polar surface area (TPSA) is 170 Å². The van der Waals surface area contributed by atoms with E-state index in [4.69, 9.17) is 30.3 Å². The van der Waals surface area contributed by atoms with Crippen LogP contribution in [0.2, 0.25) is 0 Å². The van der Waals surface area contributed by atoms with E-state index in [9.17, 15) is 26.3 Å². The summed E-state index contributed by atoms with van der Waals surface area (Å²) < 4.78 is 68.9. The molecule has 1 fully saturated rings. The van der Waals surface area contributed by atoms with Crippen molar-refractivity contribution in [1.29, 1.82) is 0 Å². The summed E-state index contributed by atoms with van der Waals surface area (Å²) in [5.74, 6) is -4.21. The summed E-state index contributed by atoms with van der Waals surface area (Å²) in [7, 11) is 0. The molecule has 4 heterocycles. The van der Waals surface area contributed by atoms with Crippen LogP contribution >= 0.6 is 0 Å². The lowest BCUT2D eigenvalue weighted by atomic mass is 10.1. The molecular formula is C25H26F6N6O5. The first-order chi connectivity index (χ1) is 19.5. The van der Waals surface area contributed by atoms with E-state index >= 15 is 0 Å². The van der Waals surface area contributed by atoms with Crippen LogP contribution in [0.25, 0.3) is 33.3 Å². The van der Waals surface area contributed by atoms with E-state index in [1.54, 1.807) is 0 Å². The standard InChI is InChI=1S/C21H24N6O.2C2HF3O2/c1-13-23-20-16(12-19(22)26-21(20)24-13)18-11-15-10-14(2-3-17(15)25-18)4-5-27-6-8-28-9-7-27;2*3-2(4,5)1(6)7/h2-3,10-12,25H,4-9H2,1H3,(H3,22,23,24,26);2*(H,6,7). The van der Waals surface area contributed by atoms with Gasteiger partial charge in [-0.3, -0.25) is 4.90 Å². The summed E-state index contributed by atoms with van der Waals surface area (Å²) in [6.45, 7) is 6.74. The zero-order valence-electron chi connectivity index (χ0n) is 21.9. The van der Waals surface area contributed by atoms with Crippen LogP contribution in [-0.4, -0.2) is 92.2 Å². The maximum absolute atomic E-state index is 10.6.